The Labute approximate surface area is 111 Å². The fourth-order valence-corrected chi connectivity index (χ4v) is 2.41. The van der Waals surface area contributed by atoms with E-state index < -0.39 is 16.8 Å². The zero-order valence-electron chi connectivity index (χ0n) is 10.3. The van der Waals surface area contributed by atoms with Crippen LogP contribution >= 0.6 is 0 Å². The molecule has 0 atom stereocenters. The number of pyridine rings is 1. The van der Waals surface area contributed by atoms with E-state index in [1.165, 1.54) is 24.4 Å². The van der Waals surface area contributed by atoms with E-state index in [4.69, 9.17) is 4.28 Å². The third kappa shape index (κ3) is 3.08. The molecule has 0 aliphatic carbocycles. The molecule has 100 valence electrons. The maximum Gasteiger partial charge on any atom is 0.396 e. The lowest BCUT2D eigenvalue weighted by molar-refractivity contribution is -0.862. The maximum absolute atomic E-state index is 12.7. The Morgan fingerprint density at radius 1 is 1.16 bits per heavy atom. The van der Waals surface area contributed by atoms with Crippen LogP contribution in [0.25, 0.3) is 0 Å². The van der Waals surface area contributed by atoms with E-state index in [1.54, 1.807) is 24.3 Å². The van der Waals surface area contributed by atoms with Gasteiger partial charge in [-0.3, -0.25) is 0 Å². The van der Waals surface area contributed by atoms with E-state index in [-0.39, 0.29) is 10.6 Å². The average Bonchev–Trinajstić information content (AvgIpc) is 2.39. The van der Waals surface area contributed by atoms with Crippen LogP contribution in [0.1, 0.15) is 11.3 Å². The van der Waals surface area contributed by atoms with Crippen LogP contribution in [-0.2, 0) is 16.8 Å². The lowest BCUT2D eigenvalue weighted by Gasteiger charge is -2.02. The molecule has 0 N–H and O–H groups in total. The van der Waals surface area contributed by atoms with E-state index in [2.05, 4.69) is 0 Å². The van der Waals surface area contributed by atoms with Gasteiger partial charge in [-0.25, -0.2) is 4.39 Å². The van der Waals surface area contributed by atoms with Crippen molar-refractivity contribution in [3.63, 3.8) is 0 Å². The van der Waals surface area contributed by atoms with E-state index >= 15 is 0 Å². The molecule has 4 nitrogen and oxygen atoms in total. The summed E-state index contributed by atoms with van der Waals surface area (Å²) in [6, 6.07) is 10.8. The highest BCUT2D eigenvalue weighted by molar-refractivity contribution is 7.86. The lowest BCUT2D eigenvalue weighted by Crippen LogP contribution is -2.48. The van der Waals surface area contributed by atoms with Gasteiger partial charge < -0.3 is 0 Å². The van der Waals surface area contributed by atoms with Crippen molar-refractivity contribution in [2.45, 2.75) is 18.5 Å². The van der Waals surface area contributed by atoms with E-state index in [0.29, 0.717) is 0 Å². The van der Waals surface area contributed by atoms with Crippen LogP contribution in [0.2, 0.25) is 0 Å². The summed E-state index contributed by atoms with van der Waals surface area (Å²) in [6.45, 7) is 1.04. The molecule has 2 rings (SSSR count). The van der Waals surface area contributed by atoms with Crippen LogP contribution in [0.3, 0.4) is 0 Å². The van der Waals surface area contributed by atoms with Gasteiger partial charge in [0, 0.05) is 16.9 Å². The first-order valence-corrected chi connectivity index (χ1v) is 7.01. The van der Waals surface area contributed by atoms with Gasteiger partial charge in [0.05, 0.1) is 0 Å². The molecule has 6 heteroatoms. The number of rotatable bonds is 4. The Morgan fingerprint density at radius 3 is 2.47 bits per heavy atom. The first-order valence-electron chi connectivity index (χ1n) is 5.60. The van der Waals surface area contributed by atoms with Crippen molar-refractivity contribution in [3.05, 3.63) is 59.9 Å². The van der Waals surface area contributed by atoms with Crippen LogP contribution in [0.5, 0.6) is 0 Å². The van der Waals surface area contributed by atoms with Crippen molar-refractivity contribution in [2.24, 2.45) is 0 Å². The Bertz CT molecular complexity index is 669. The first kappa shape index (κ1) is 13.5. The van der Waals surface area contributed by atoms with Crippen molar-refractivity contribution in [2.75, 3.05) is 0 Å². The van der Waals surface area contributed by atoms with Gasteiger partial charge in [0.1, 0.15) is 4.90 Å². The van der Waals surface area contributed by atoms with Gasteiger partial charge in [0.25, 0.3) is 5.69 Å². The molecule has 1 aromatic heterocycles. The molecule has 0 spiro atoms. The molecule has 1 heterocycles. The Morgan fingerprint density at radius 2 is 1.84 bits per heavy atom. The highest BCUT2D eigenvalue weighted by Gasteiger charge is 2.24. The molecule has 0 fully saturated rings. The SMILES string of the molecule is Cc1ccc(S(=O)(=O)O[n+]2ccccc2CF)cc1. The van der Waals surface area contributed by atoms with Crippen molar-refractivity contribution in [3.8, 4) is 0 Å². The highest BCUT2D eigenvalue weighted by atomic mass is 32.2. The molecular formula is C13H13FNO3S+. The van der Waals surface area contributed by atoms with Gasteiger partial charge in [0.15, 0.2) is 6.67 Å². The first-order chi connectivity index (χ1) is 9.03. The van der Waals surface area contributed by atoms with Crippen molar-refractivity contribution >= 4 is 10.1 Å². The van der Waals surface area contributed by atoms with Crippen molar-refractivity contribution in [1.29, 1.82) is 0 Å². The fraction of sp³-hybridized carbons (Fsp3) is 0.154. The molecule has 0 radical (unpaired) electrons. The number of aromatic nitrogens is 1. The number of nitrogens with zero attached hydrogens (tertiary/aromatic N) is 1. The molecule has 0 aliphatic heterocycles. The highest BCUT2D eigenvalue weighted by Crippen LogP contribution is 2.10. The largest absolute Gasteiger partial charge is 0.396 e. The van der Waals surface area contributed by atoms with Crippen LogP contribution in [0.15, 0.2) is 53.6 Å². The summed E-state index contributed by atoms with van der Waals surface area (Å²) in [6.07, 6.45) is 1.35. The quantitative estimate of drug-likeness (QED) is 0.800. The molecule has 0 saturated heterocycles. The van der Waals surface area contributed by atoms with E-state index in [1.807, 2.05) is 6.92 Å². The molecule has 0 amide bonds. The molecule has 0 unspecified atom stereocenters. The third-order valence-corrected chi connectivity index (χ3v) is 3.74. The van der Waals surface area contributed by atoms with Gasteiger partial charge in [-0.1, -0.05) is 17.7 Å². The number of hydrogen-bond acceptors (Lipinski definition) is 3. The molecule has 0 aliphatic rings. The number of aryl methyl sites for hydroxylation is 1. The standard InChI is InChI=1S/C13H13FNO3S/c1-11-5-7-13(8-6-11)19(16,17)18-15-9-3-2-4-12(15)10-14/h2-9H,10H2,1H3/q+1. The summed E-state index contributed by atoms with van der Waals surface area (Å²) >= 11 is 0. The fourth-order valence-electron chi connectivity index (χ4n) is 1.49. The Balaban J connectivity index is 2.34. The molecular weight excluding hydrogens is 269 g/mol. The van der Waals surface area contributed by atoms with Crippen molar-refractivity contribution < 1.29 is 21.8 Å². The van der Waals surface area contributed by atoms with Gasteiger partial charge in [0.2, 0.25) is 6.20 Å². The third-order valence-electron chi connectivity index (χ3n) is 2.53. The predicted molar refractivity (Wildman–Crippen MR) is 66.4 cm³/mol. The Kier molecular flexibility index (Phi) is 3.80. The number of benzene rings is 1. The van der Waals surface area contributed by atoms with Gasteiger partial charge in [-0.2, -0.15) is 8.42 Å². The Hall–Kier alpha value is -1.95. The van der Waals surface area contributed by atoms with Crippen molar-refractivity contribution in [1.82, 2.24) is 0 Å². The minimum atomic E-state index is -3.97. The average molecular weight is 282 g/mol. The van der Waals surface area contributed by atoms with E-state index in [9.17, 15) is 12.8 Å². The second kappa shape index (κ2) is 5.36. The lowest BCUT2D eigenvalue weighted by atomic mass is 10.2. The van der Waals surface area contributed by atoms with E-state index in [0.717, 1.165) is 10.3 Å². The van der Waals surface area contributed by atoms with Crippen LogP contribution < -0.4 is 9.01 Å². The summed E-state index contributed by atoms with van der Waals surface area (Å²) in [5, 5.41) is 0. The van der Waals surface area contributed by atoms with Crippen LogP contribution in [-0.4, -0.2) is 8.42 Å². The predicted octanol–water partition coefficient (Wildman–Crippen LogP) is 1.57. The normalized spacial score (nSPS) is 11.3. The smallest absolute Gasteiger partial charge is 0.239 e. The minimum absolute atomic E-state index is 0.0271. The summed E-state index contributed by atoms with van der Waals surface area (Å²) in [7, 11) is -3.97. The monoisotopic (exact) mass is 282 g/mol. The zero-order valence-corrected chi connectivity index (χ0v) is 11.1. The van der Waals surface area contributed by atoms with Gasteiger partial charge in [-0.05, 0) is 25.1 Å². The van der Waals surface area contributed by atoms with Crippen LogP contribution in [0.4, 0.5) is 4.39 Å². The molecule has 2 aromatic rings. The summed E-state index contributed by atoms with van der Waals surface area (Å²) in [5.74, 6) is 0. The molecule has 1 aromatic carbocycles. The second-order valence-electron chi connectivity index (χ2n) is 3.99. The zero-order chi connectivity index (χ0) is 13.9. The molecule has 0 bridgehead atoms. The molecule has 19 heavy (non-hydrogen) atoms. The number of alkyl halides is 1. The number of halogens is 1. The van der Waals surface area contributed by atoms with Gasteiger partial charge in [-0.15, -0.1) is 4.28 Å². The van der Waals surface area contributed by atoms with Crippen LogP contribution in [0, 0.1) is 6.92 Å². The second-order valence-corrected chi connectivity index (χ2v) is 5.52. The summed E-state index contributed by atoms with van der Waals surface area (Å²) in [5.41, 5.74) is 1.06. The summed E-state index contributed by atoms with van der Waals surface area (Å²) < 4.78 is 42.6. The topological polar surface area (TPSA) is 47.3 Å². The maximum atomic E-state index is 12.7. The number of hydrogen-bond donors (Lipinski definition) is 0. The minimum Gasteiger partial charge on any atom is -0.239 e. The summed E-state index contributed by atoms with van der Waals surface area (Å²) in [4.78, 5) is 0.0271. The van der Waals surface area contributed by atoms with Gasteiger partial charge >= 0.3 is 10.1 Å². The molecule has 0 saturated carbocycles.